The lowest BCUT2D eigenvalue weighted by atomic mass is 9.92. The number of benzene rings is 2. The van der Waals surface area contributed by atoms with Gasteiger partial charge in [-0.05, 0) is 54.6 Å². The molecule has 2 atom stereocenters. The van der Waals surface area contributed by atoms with Crippen LogP contribution < -0.4 is 10.2 Å². The SMILES string of the molecule is CC1CCN(Cc2ccc(CNc3cc(C#N)cc(N4CCOCC4)c3)cc2)[C@H](CO)C1.CO.CO. The second-order valence-corrected chi connectivity index (χ2v) is 9.09. The van der Waals surface area contributed by atoms with Crippen molar-refractivity contribution in [2.45, 2.75) is 38.9 Å². The highest BCUT2D eigenvalue weighted by Gasteiger charge is 2.25. The van der Waals surface area contributed by atoms with Crippen LogP contribution in [0.5, 0.6) is 0 Å². The van der Waals surface area contributed by atoms with Gasteiger partial charge in [0.1, 0.15) is 0 Å². The van der Waals surface area contributed by atoms with Crippen LogP contribution in [0.1, 0.15) is 36.5 Å². The van der Waals surface area contributed by atoms with E-state index in [0.29, 0.717) is 18.0 Å². The number of piperidine rings is 1. The lowest BCUT2D eigenvalue weighted by molar-refractivity contribution is 0.0634. The van der Waals surface area contributed by atoms with Crippen LogP contribution in [0.15, 0.2) is 42.5 Å². The number of nitrogens with one attached hydrogen (secondary N) is 1. The summed E-state index contributed by atoms with van der Waals surface area (Å²) in [5.74, 6) is 0.695. The Morgan fingerprint density at radius 2 is 1.67 bits per heavy atom. The van der Waals surface area contributed by atoms with Crippen LogP contribution in [-0.4, -0.2) is 79.9 Å². The average Bonchev–Trinajstić information content (AvgIpc) is 2.96. The van der Waals surface area contributed by atoms with Crippen LogP contribution in [0.25, 0.3) is 0 Å². The number of hydrogen-bond donors (Lipinski definition) is 4. The lowest BCUT2D eigenvalue weighted by Crippen LogP contribution is -2.43. The van der Waals surface area contributed by atoms with Gasteiger partial charge in [-0.2, -0.15) is 5.26 Å². The maximum Gasteiger partial charge on any atom is 0.0993 e. The molecule has 8 heteroatoms. The zero-order chi connectivity index (χ0) is 26.3. The summed E-state index contributed by atoms with van der Waals surface area (Å²) in [6.45, 7) is 8.31. The van der Waals surface area contributed by atoms with Gasteiger partial charge in [-0.15, -0.1) is 0 Å². The summed E-state index contributed by atoms with van der Waals surface area (Å²) in [7, 11) is 2.00. The molecule has 0 saturated carbocycles. The first kappa shape index (κ1) is 29.6. The summed E-state index contributed by atoms with van der Waals surface area (Å²) in [5, 5.41) is 36.7. The third kappa shape index (κ3) is 8.77. The molecule has 0 bridgehead atoms. The molecular weight excluding hydrogens is 456 g/mol. The molecule has 4 rings (SSSR count). The summed E-state index contributed by atoms with van der Waals surface area (Å²) in [4.78, 5) is 4.68. The standard InChI is InChI=1S/C26H34N4O2.2CH4O/c1-20-6-7-30(26(12-20)19-31)18-22-4-2-21(3-5-22)17-28-24-13-23(16-27)14-25(15-24)29-8-10-32-11-9-29;2*1-2/h2-5,13-15,20,26,28,31H,6-12,17-19H2,1H3;2*2H,1H3/t20?,26-;;/m0../s1. The van der Waals surface area contributed by atoms with E-state index in [1.54, 1.807) is 0 Å². The number of morpholine rings is 1. The molecule has 2 saturated heterocycles. The third-order valence-electron chi connectivity index (χ3n) is 6.64. The Morgan fingerprint density at radius 3 is 2.31 bits per heavy atom. The monoisotopic (exact) mass is 498 g/mol. The van der Waals surface area contributed by atoms with Crippen molar-refractivity contribution >= 4 is 11.4 Å². The fraction of sp³-hybridized carbons (Fsp3) is 0.536. The Balaban J connectivity index is 0.00000109. The van der Waals surface area contributed by atoms with E-state index >= 15 is 0 Å². The van der Waals surface area contributed by atoms with Gasteiger partial charge in [-0.3, -0.25) is 4.90 Å². The van der Waals surface area contributed by atoms with Gasteiger partial charge in [0.2, 0.25) is 0 Å². The fourth-order valence-corrected chi connectivity index (χ4v) is 4.68. The van der Waals surface area contributed by atoms with Crippen molar-refractivity contribution in [1.29, 1.82) is 5.26 Å². The van der Waals surface area contributed by atoms with Crippen LogP contribution in [-0.2, 0) is 17.8 Å². The number of likely N-dealkylation sites (tertiary alicyclic amines) is 1. The van der Waals surface area contributed by atoms with E-state index in [1.807, 2.05) is 12.1 Å². The van der Waals surface area contributed by atoms with Gasteiger partial charge in [-0.25, -0.2) is 0 Å². The minimum atomic E-state index is 0.237. The van der Waals surface area contributed by atoms with E-state index in [0.717, 1.165) is 71.4 Å². The van der Waals surface area contributed by atoms with E-state index in [1.165, 1.54) is 17.5 Å². The van der Waals surface area contributed by atoms with E-state index in [-0.39, 0.29) is 12.6 Å². The normalized spacial score (nSPS) is 19.8. The number of aliphatic hydroxyl groups excluding tert-OH is 3. The first-order chi connectivity index (χ1) is 17.6. The molecule has 2 fully saturated rings. The molecular formula is C28H42N4O4. The molecule has 2 heterocycles. The Bertz CT molecular complexity index is 926. The largest absolute Gasteiger partial charge is 0.400 e. The maximum absolute atomic E-state index is 9.74. The van der Waals surface area contributed by atoms with Crippen molar-refractivity contribution in [2.24, 2.45) is 5.92 Å². The number of aliphatic hydroxyl groups is 3. The molecule has 1 unspecified atom stereocenters. The highest BCUT2D eigenvalue weighted by Crippen LogP contribution is 2.25. The highest BCUT2D eigenvalue weighted by molar-refractivity contribution is 5.63. The minimum Gasteiger partial charge on any atom is -0.400 e. The topological polar surface area (TPSA) is 112 Å². The number of hydrogen-bond acceptors (Lipinski definition) is 8. The van der Waals surface area contributed by atoms with Gasteiger partial charge in [0.05, 0.1) is 31.5 Å². The number of rotatable bonds is 7. The van der Waals surface area contributed by atoms with Crippen LogP contribution in [0, 0.1) is 17.2 Å². The predicted molar refractivity (Wildman–Crippen MR) is 144 cm³/mol. The fourth-order valence-electron chi connectivity index (χ4n) is 4.68. The van der Waals surface area contributed by atoms with Crippen LogP contribution in [0.3, 0.4) is 0 Å². The van der Waals surface area contributed by atoms with Crippen LogP contribution in [0.4, 0.5) is 11.4 Å². The van der Waals surface area contributed by atoms with Gasteiger partial charge in [0.25, 0.3) is 0 Å². The third-order valence-corrected chi connectivity index (χ3v) is 6.64. The quantitative estimate of drug-likeness (QED) is 0.461. The molecule has 0 radical (unpaired) electrons. The van der Waals surface area contributed by atoms with E-state index < -0.39 is 0 Å². The van der Waals surface area contributed by atoms with Crippen molar-refractivity contribution in [3.8, 4) is 6.07 Å². The molecule has 0 aliphatic carbocycles. The molecule has 4 N–H and O–H groups in total. The van der Waals surface area contributed by atoms with Crippen LogP contribution in [0.2, 0.25) is 0 Å². The summed E-state index contributed by atoms with van der Waals surface area (Å²) < 4.78 is 5.45. The second kappa shape index (κ2) is 16.1. The second-order valence-electron chi connectivity index (χ2n) is 9.09. The summed E-state index contributed by atoms with van der Waals surface area (Å²) in [6.07, 6.45) is 2.28. The van der Waals surface area contributed by atoms with Crippen molar-refractivity contribution < 1.29 is 20.1 Å². The van der Waals surface area contributed by atoms with Crippen molar-refractivity contribution in [1.82, 2.24) is 4.90 Å². The summed E-state index contributed by atoms with van der Waals surface area (Å²) >= 11 is 0. The highest BCUT2D eigenvalue weighted by atomic mass is 16.5. The van der Waals surface area contributed by atoms with Gasteiger partial charge < -0.3 is 30.3 Å². The minimum absolute atomic E-state index is 0.237. The molecule has 0 spiro atoms. The van der Waals surface area contributed by atoms with Gasteiger partial charge in [0.15, 0.2) is 0 Å². The molecule has 2 aromatic carbocycles. The van der Waals surface area contributed by atoms with Crippen LogP contribution >= 0.6 is 0 Å². The van der Waals surface area contributed by atoms with Crippen molar-refractivity contribution in [2.75, 3.05) is 63.9 Å². The van der Waals surface area contributed by atoms with Crippen molar-refractivity contribution in [3.63, 3.8) is 0 Å². The average molecular weight is 499 g/mol. The molecule has 8 nitrogen and oxygen atoms in total. The Labute approximate surface area is 215 Å². The molecule has 2 aromatic rings. The Morgan fingerprint density at radius 1 is 1.00 bits per heavy atom. The van der Waals surface area contributed by atoms with E-state index in [9.17, 15) is 10.4 Å². The molecule has 2 aliphatic rings. The lowest BCUT2D eigenvalue weighted by Gasteiger charge is -2.37. The molecule has 2 aliphatic heterocycles. The predicted octanol–water partition coefficient (Wildman–Crippen LogP) is 2.82. The molecule has 36 heavy (non-hydrogen) atoms. The van der Waals surface area contributed by atoms with Crippen molar-refractivity contribution in [3.05, 3.63) is 59.2 Å². The number of nitriles is 1. The first-order valence-corrected chi connectivity index (χ1v) is 12.6. The number of nitrogens with zero attached hydrogens (tertiary/aromatic N) is 3. The van der Waals surface area contributed by atoms with Gasteiger partial charge in [-0.1, -0.05) is 31.2 Å². The number of anilines is 2. The number of ether oxygens (including phenoxy) is 1. The maximum atomic E-state index is 9.74. The molecule has 0 aromatic heterocycles. The van der Waals surface area contributed by atoms with E-state index in [4.69, 9.17) is 14.9 Å². The smallest absolute Gasteiger partial charge is 0.0993 e. The molecule has 0 amide bonds. The summed E-state index contributed by atoms with van der Waals surface area (Å²) in [5.41, 5.74) is 5.18. The zero-order valence-electron chi connectivity index (χ0n) is 21.9. The molecule has 198 valence electrons. The van der Waals surface area contributed by atoms with Gasteiger partial charge >= 0.3 is 0 Å². The van der Waals surface area contributed by atoms with Gasteiger partial charge in [0, 0.05) is 57.8 Å². The zero-order valence-corrected chi connectivity index (χ0v) is 21.9. The first-order valence-electron chi connectivity index (χ1n) is 12.6. The van der Waals surface area contributed by atoms with E-state index in [2.05, 4.69) is 58.4 Å². The Kier molecular flexibility index (Phi) is 13.3. The Hall–Kier alpha value is -2.67. The summed E-state index contributed by atoms with van der Waals surface area (Å²) in [6, 6.07) is 17.2.